The fourth-order valence-electron chi connectivity index (χ4n) is 0.694. The van der Waals surface area contributed by atoms with Crippen molar-refractivity contribution in [2.24, 2.45) is 0 Å². The van der Waals surface area contributed by atoms with Crippen LogP contribution in [0.3, 0.4) is 0 Å². The van der Waals surface area contributed by atoms with Gasteiger partial charge in [0.1, 0.15) is 6.61 Å². The zero-order valence-corrected chi connectivity index (χ0v) is 9.59. The van der Waals surface area contributed by atoms with Gasteiger partial charge >= 0.3 is 23.1 Å². The van der Waals surface area contributed by atoms with Crippen LogP contribution in [-0.4, -0.2) is 23.1 Å². The Balaban J connectivity index is 0. The Hall–Kier alpha value is -0.174. The minimum atomic E-state index is 0. The second-order valence-corrected chi connectivity index (χ2v) is 1.88. The summed E-state index contributed by atoms with van der Waals surface area (Å²) in [6.45, 7) is 0.435. The van der Waals surface area contributed by atoms with E-state index in [2.05, 4.69) is 4.74 Å². The molecule has 0 saturated heterocycles. The Bertz CT molecular complexity index is 230. The molecule has 0 unspecified atom stereocenters. The van der Waals surface area contributed by atoms with Gasteiger partial charge in [-0.05, 0) is 5.56 Å². The quantitative estimate of drug-likeness (QED) is 0.340. The first-order valence-electron chi connectivity index (χ1n) is 3.01. The third-order valence-corrected chi connectivity index (χ3v) is 1.15. The number of halogens is 1. The summed E-state index contributed by atoms with van der Waals surface area (Å²) in [5.74, 6) is 0. The molecule has 0 saturated carbocycles. The topological polar surface area (TPSA) is 9.23 Å². The molecule has 0 heterocycles. The summed E-state index contributed by atoms with van der Waals surface area (Å²) in [5, 5.41) is 0. The van der Waals surface area contributed by atoms with Crippen LogP contribution in [-0.2, 0) is 11.3 Å². The SMILES string of the molecule is [Br-].[C-]#COCc1ccccc1.[Mg+2]. The fraction of sp³-hybridized carbons (Fsp3) is 0.111. The second kappa shape index (κ2) is 8.92. The molecule has 0 N–H and O–H groups in total. The summed E-state index contributed by atoms with van der Waals surface area (Å²) in [6, 6.07) is 9.69. The zero-order chi connectivity index (χ0) is 7.23. The maximum atomic E-state index is 6.48. The largest absolute Gasteiger partial charge is 2.00 e. The molecule has 0 aliphatic rings. The van der Waals surface area contributed by atoms with Gasteiger partial charge in [-0.25, -0.2) is 0 Å². The number of hydrogen-bond donors (Lipinski definition) is 0. The molecule has 0 atom stereocenters. The molecule has 1 rings (SSSR count). The van der Waals surface area contributed by atoms with Gasteiger partial charge in [-0.3, -0.25) is 0 Å². The molecule has 1 nitrogen and oxygen atoms in total. The van der Waals surface area contributed by atoms with Gasteiger partial charge in [-0.2, -0.15) is 0 Å². The van der Waals surface area contributed by atoms with E-state index in [1.165, 1.54) is 0 Å². The Kier molecular flexibility index (Phi) is 10.7. The van der Waals surface area contributed by atoms with Crippen molar-refractivity contribution in [1.82, 2.24) is 0 Å². The molecule has 3 heteroatoms. The molecule has 0 amide bonds. The molecule has 1 aromatic rings. The molecule has 1 aromatic carbocycles. The minimum Gasteiger partial charge on any atom is -1.00 e. The van der Waals surface area contributed by atoms with E-state index in [9.17, 15) is 0 Å². The van der Waals surface area contributed by atoms with Gasteiger partial charge in [0, 0.05) is 0 Å². The Labute approximate surface area is 99.4 Å². The Morgan fingerprint density at radius 3 is 2.33 bits per heavy atom. The van der Waals surface area contributed by atoms with E-state index in [4.69, 9.17) is 6.42 Å². The van der Waals surface area contributed by atoms with Crippen molar-refractivity contribution in [2.75, 3.05) is 0 Å². The van der Waals surface area contributed by atoms with Crippen molar-refractivity contribution in [2.45, 2.75) is 6.61 Å². The predicted molar refractivity (Wildman–Crippen MR) is 44.1 cm³/mol. The van der Waals surface area contributed by atoms with Gasteiger partial charge in [0.2, 0.25) is 0 Å². The third kappa shape index (κ3) is 5.47. The molecular formula is C9H7BrMgO. The molecule has 0 fully saturated rings. The van der Waals surface area contributed by atoms with Crippen LogP contribution in [0, 0.1) is 12.5 Å². The van der Waals surface area contributed by atoms with Gasteiger partial charge < -0.3 is 28.1 Å². The van der Waals surface area contributed by atoms with Gasteiger partial charge in [-0.15, -0.1) is 6.11 Å². The summed E-state index contributed by atoms with van der Waals surface area (Å²) < 4.78 is 4.64. The average Bonchev–Trinajstić information content (AvgIpc) is 2.03. The van der Waals surface area contributed by atoms with Crippen molar-refractivity contribution < 1.29 is 21.7 Å². The molecule has 0 bridgehead atoms. The third-order valence-electron chi connectivity index (χ3n) is 1.15. The van der Waals surface area contributed by atoms with Gasteiger partial charge in [0.25, 0.3) is 0 Å². The van der Waals surface area contributed by atoms with Gasteiger partial charge in [-0.1, -0.05) is 30.3 Å². The van der Waals surface area contributed by atoms with E-state index < -0.39 is 0 Å². The summed E-state index contributed by atoms with van der Waals surface area (Å²) in [6.07, 6.45) is 8.35. The van der Waals surface area contributed by atoms with Crippen LogP contribution in [0.2, 0.25) is 0 Å². The standard InChI is InChI=1S/C9H7O.BrH.Mg/c1-2-10-8-9-6-4-3-5-7-9;;/h3-7H,8H2;1H;/q-1;;+2/p-1. The van der Waals surface area contributed by atoms with Crippen molar-refractivity contribution >= 4 is 23.1 Å². The van der Waals surface area contributed by atoms with E-state index in [-0.39, 0.29) is 40.0 Å². The van der Waals surface area contributed by atoms with E-state index in [0.29, 0.717) is 6.61 Å². The van der Waals surface area contributed by atoms with Crippen molar-refractivity contribution in [1.29, 1.82) is 0 Å². The van der Waals surface area contributed by atoms with Gasteiger partial charge in [0.15, 0.2) is 0 Å². The van der Waals surface area contributed by atoms with Crippen LogP contribution in [0.1, 0.15) is 5.56 Å². The molecule has 0 radical (unpaired) electrons. The first kappa shape index (κ1) is 14.4. The number of ether oxygens (including phenoxy) is 1. The molecule has 0 aromatic heterocycles. The minimum absolute atomic E-state index is 0. The first-order valence-corrected chi connectivity index (χ1v) is 3.01. The summed E-state index contributed by atoms with van der Waals surface area (Å²) in [7, 11) is 0. The van der Waals surface area contributed by atoms with Crippen molar-refractivity contribution in [3.63, 3.8) is 0 Å². The van der Waals surface area contributed by atoms with E-state index in [1.807, 2.05) is 36.4 Å². The molecule has 12 heavy (non-hydrogen) atoms. The molecule has 58 valence electrons. The van der Waals surface area contributed by atoms with Crippen LogP contribution in [0.5, 0.6) is 0 Å². The zero-order valence-electron chi connectivity index (χ0n) is 6.59. The predicted octanol–water partition coefficient (Wildman–Crippen LogP) is -1.63. The first-order chi connectivity index (χ1) is 4.93. The van der Waals surface area contributed by atoms with Gasteiger partial charge in [0.05, 0.1) is 0 Å². The van der Waals surface area contributed by atoms with E-state index in [1.54, 1.807) is 0 Å². The van der Waals surface area contributed by atoms with E-state index in [0.717, 1.165) is 5.56 Å². The van der Waals surface area contributed by atoms with Crippen LogP contribution >= 0.6 is 0 Å². The van der Waals surface area contributed by atoms with Crippen LogP contribution in [0.25, 0.3) is 0 Å². The van der Waals surface area contributed by atoms with Crippen LogP contribution < -0.4 is 17.0 Å². The van der Waals surface area contributed by atoms with Crippen LogP contribution in [0.15, 0.2) is 30.3 Å². The molecule has 0 aliphatic carbocycles. The smallest absolute Gasteiger partial charge is 1.00 e. The van der Waals surface area contributed by atoms with Crippen molar-refractivity contribution in [3.8, 4) is 6.11 Å². The number of rotatable bonds is 2. The Morgan fingerprint density at radius 2 is 1.83 bits per heavy atom. The molecular weight excluding hydrogens is 228 g/mol. The maximum absolute atomic E-state index is 6.48. The van der Waals surface area contributed by atoms with E-state index >= 15 is 0 Å². The van der Waals surface area contributed by atoms with Crippen LogP contribution in [0.4, 0.5) is 0 Å². The maximum Gasteiger partial charge on any atom is 2.00 e. The second-order valence-electron chi connectivity index (χ2n) is 1.88. The number of benzene rings is 1. The van der Waals surface area contributed by atoms with Crippen molar-refractivity contribution in [3.05, 3.63) is 42.3 Å². The average molecular weight is 235 g/mol. The summed E-state index contributed by atoms with van der Waals surface area (Å²) in [5.41, 5.74) is 1.06. The normalized spacial score (nSPS) is 6.92. The Morgan fingerprint density at radius 1 is 1.25 bits per heavy atom. The molecule has 0 aliphatic heterocycles. The molecule has 0 spiro atoms. The number of hydrogen-bond acceptors (Lipinski definition) is 1. The fourth-order valence-corrected chi connectivity index (χ4v) is 0.694. The summed E-state index contributed by atoms with van der Waals surface area (Å²) in [4.78, 5) is 0. The monoisotopic (exact) mass is 234 g/mol. The summed E-state index contributed by atoms with van der Waals surface area (Å²) >= 11 is 0.